The molecule has 0 radical (unpaired) electrons. The zero-order valence-electron chi connectivity index (χ0n) is 80.5. The lowest BCUT2D eigenvalue weighted by molar-refractivity contribution is -0.137. The molecule has 0 aliphatic heterocycles. The molecule has 0 spiro atoms. The van der Waals surface area contributed by atoms with E-state index < -0.39 is 58.0 Å². The summed E-state index contributed by atoms with van der Waals surface area (Å²) in [6.07, 6.45) is 9.22. The number of ether oxygens (including phenoxy) is 4. The van der Waals surface area contributed by atoms with Crippen LogP contribution in [0.25, 0.3) is 112 Å². The van der Waals surface area contributed by atoms with Gasteiger partial charge in [-0.1, -0.05) is 222 Å². The van der Waals surface area contributed by atoms with Gasteiger partial charge in [-0.05, 0) is 198 Å². The lowest BCUT2D eigenvalue weighted by atomic mass is 9.97. The first kappa shape index (κ1) is 105. The van der Waals surface area contributed by atoms with E-state index in [0.717, 1.165) is 104 Å². The van der Waals surface area contributed by atoms with Crippen molar-refractivity contribution in [2.24, 2.45) is 0 Å². The minimum Gasteiger partial charge on any atom is -0.494 e. The van der Waals surface area contributed by atoms with Crippen molar-refractivity contribution in [3.8, 4) is 135 Å². The first-order chi connectivity index (χ1) is 69.0. The number of halogens is 8. The van der Waals surface area contributed by atoms with E-state index in [4.69, 9.17) is 42.1 Å². The standard InChI is InChI=1S/C32H33ClN2O3.C30H29ClN2O3.C26H25F3N4O2.C23H23F3N6O2/c1-4-5-6-7-18-38-25-16-17-26(28(33)19-25)29-20-27(23-12-8-21(2)9-13-23)30(32(37)35-29)31(36)34-24-14-10-22(3)11-15-24;1-4-5-16-36-23-14-15-24(26(31)17-23)27-18-25(21-10-6-19(2)7-11-21)28(30(35)33-27)29(34)32-22-12-8-20(3)9-13-22;1-2-3-4-5-12-35-18-10-11-19(21(27)13-18)22-14-20(16-6-8-17(9-7-16)24(28)29)23(26(34)32-22)25-30-15-31-33-25;1-3-5-10-34-14-6-7-15(17(11-14)23(24,25)26)19-12-16(18-8-9-32(4-2)31-18)20(22(33)29-19)21-27-13-28-30-21/h8-17,19-20H,4-7,18H2,1-3H3,(H,34,36)(H,35,37);6-15,17-18H,4-5,16H2,1-3H3,(H,32,34)(H,33,35);6-11,13-15,24H,2-5,12H2,1H3,(H,32,34)(H,30,31,33);6-9,11-13H,3-5,10H2,1-2H3,(H,29,33)(H,27,28,30). The van der Waals surface area contributed by atoms with Gasteiger partial charge >= 0.3 is 6.18 Å². The summed E-state index contributed by atoms with van der Waals surface area (Å²) in [6, 6.07) is 63.3. The van der Waals surface area contributed by atoms with Gasteiger partial charge in [0.25, 0.3) is 40.5 Å². The summed E-state index contributed by atoms with van der Waals surface area (Å²) in [5, 5.41) is 23.9. The average Bonchev–Trinajstić information content (AvgIpc) is 1.63. The Bertz CT molecular complexity index is 7260. The van der Waals surface area contributed by atoms with Crippen molar-refractivity contribution in [1.29, 1.82) is 0 Å². The van der Waals surface area contributed by atoms with Crippen LogP contribution in [0.3, 0.4) is 0 Å². The van der Waals surface area contributed by atoms with E-state index in [0.29, 0.717) is 128 Å². The maximum absolute atomic E-state index is 15.0. The fourth-order valence-corrected chi connectivity index (χ4v) is 16.0. The quantitative estimate of drug-likeness (QED) is 0.0134. The van der Waals surface area contributed by atoms with Gasteiger partial charge < -0.3 is 49.5 Å². The molecular formula is C111H110Cl2F6N14O10. The first-order valence-corrected chi connectivity index (χ1v) is 48.0. The summed E-state index contributed by atoms with van der Waals surface area (Å²) in [6.45, 7) is 20.9. The molecule has 143 heavy (non-hydrogen) atoms. The number of amides is 2. The van der Waals surface area contributed by atoms with Gasteiger partial charge in [0.15, 0.2) is 11.6 Å². The highest BCUT2D eigenvalue weighted by molar-refractivity contribution is 6.34. The molecule has 0 unspecified atom stereocenters. The molecule has 8 N–H and O–H groups in total. The third-order valence-corrected chi connectivity index (χ3v) is 23.9. The molecular weight excluding hydrogens is 1870 g/mol. The van der Waals surface area contributed by atoms with Crippen molar-refractivity contribution < 1.29 is 54.9 Å². The highest BCUT2D eigenvalue weighted by Gasteiger charge is 2.36. The topological polar surface area (TPSA) is 328 Å². The third-order valence-electron chi connectivity index (χ3n) is 23.3. The van der Waals surface area contributed by atoms with Crippen LogP contribution in [0.15, 0.2) is 262 Å². The zero-order valence-corrected chi connectivity index (χ0v) is 82.0. The van der Waals surface area contributed by atoms with Gasteiger partial charge in [0, 0.05) is 85.9 Å². The van der Waals surface area contributed by atoms with Gasteiger partial charge in [-0.3, -0.25) is 43.6 Å². The van der Waals surface area contributed by atoms with Crippen LogP contribution in [0.4, 0.5) is 37.7 Å². The summed E-state index contributed by atoms with van der Waals surface area (Å²) >= 11 is 13.2. The number of benzene rings is 9. The highest BCUT2D eigenvalue weighted by atomic mass is 35.5. The lowest BCUT2D eigenvalue weighted by Crippen LogP contribution is -2.25. The van der Waals surface area contributed by atoms with Crippen LogP contribution in [-0.2, 0) is 12.7 Å². The van der Waals surface area contributed by atoms with Crippen LogP contribution < -0.4 is 51.8 Å². The summed E-state index contributed by atoms with van der Waals surface area (Å²) in [7, 11) is 0. The van der Waals surface area contributed by atoms with Crippen molar-refractivity contribution in [3.63, 3.8) is 0 Å². The van der Waals surface area contributed by atoms with Crippen LogP contribution in [0.5, 0.6) is 23.0 Å². The molecule has 740 valence electrons. The molecule has 7 heterocycles. The SMILES string of the molecule is CCCCCCOc1ccc(-c2cc(-c3ccc(C(F)F)cc3)c(-c3ncn[nH]3)c(=O)[nH]2)c(F)c1.CCCCCCOc1ccc(-c2cc(-c3ccc(C)cc3)c(C(=O)Nc3ccc(C)cc3)c(=O)[nH]2)c(Cl)c1.CCCCOc1ccc(-c2cc(-c3ccc(C)cc3)c(C(=O)Nc3ccc(C)cc3)c(=O)[nH]2)c(Cl)c1.CCCCOc1ccc(-c2cc(-c3ccn(CC)n3)c(-c3ncn[nH]3)c(=O)[nH]2)c(C(F)(F)F)c1. The predicted molar refractivity (Wildman–Crippen MR) is 552 cm³/mol. The molecule has 0 atom stereocenters. The van der Waals surface area contributed by atoms with Gasteiger partial charge in [-0.25, -0.2) is 23.1 Å². The Labute approximate surface area is 832 Å². The van der Waals surface area contributed by atoms with Gasteiger partial charge in [-0.2, -0.15) is 28.5 Å². The third kappa shape index (κ3) is 27.8. The summed E-state index contributed by atoms with van der Waals surface area (Å²) in [5.74, 6) is 0.764. The smallest absolute Gasteiger partial charge is 0.417 e. The van der Waals surface area contributed by atoms with E-state index in [1.165, 1.54) is 74.0 Å². The molecule has 16 rings (SSSR count). The molecule has 9 aromatic carbocycles. The van der Waals surface area contributed by atoms with Crippen LogP contribution in [0, 0.1) is 33.5 Å². The average molecular weight is 1990 g/mol. The van der Waals surface area contributed by atoms with Crippen LogP contribution >= 0.6 is 23.2 Å². The maximum atomic E-state index is 15.0. The molecule has 0 fully saturated rings. The summed E-state index contributed by atoms with van der Waals surface area (Å²) in [4.78, 5) is 98.6. The van der Waals surface area contributed by atoms with E-state index in [9.17, 15) is 50.7 Å². The monoisotopic (exact) mass is 1980 g/mol. The van der Waals surface area contributed by atoms with E-state index in [2.05, 4.69) is 86.8 Å². The van der Waals surface area contributed by atoms with Crippen molar-refractivity contribution in [2.45, 2.75) is 159 Å². The number of aromatic nitrogens is 12. The Hall–Kier alpha value is -15.4. The molecule has 0 aliphatic rings. The van der Waals surface area contributed by atoms with E-state index in [1.807, 2.05) is 169 Å². The zero-order chi connectivity index (χ0) is 102. The maximum Gasteiger partial charge on any atom is 0.417 e. The number of carbonyl (C=O) groups is 2. The fourth-order valence-electron chi connectivity index (χ4n) is 15.5. The fraction of sp³-hybridized carbons (Fsp3) is 0.252. The summed E-state index contributed by atoms with van der Waals surface area (Å²) in [5.41, 5.74) is 9.59. The molecule has 0 bridgehead atoms. The number of unbranched alkanes of at least 4 members (excludes halogenated alkanes) is 8. The number of hydrogen-bond donors (Lipinski definition) is 8. The normalized spacial score (nSPS) is 11.1. The van der Waals surface area contributed by atoms with E-state index in [-0.39, 0.29) is 67.7 Å². The second kappa shape index (κ2) is 50.1. The van der Waals surface area contributed by atoms with Crippen molar-refractivity contribution in [3.05, 3.63) is 345 Å². The predicted octanol–water partition coefficient (Wildman–Crippen LogP) is 27.0. The second-order valence-corrected chi connectivity index (χ2v) is 34.9. The molecule has 0 saturated heterocycles. The minimum absolute atomic E-state index is 0.00162. The summed E-state index contributed by atoms with van der Waals surface area (Å²) < 4.78 is 107. The van der Waals surface area contributed by atoms with Crippen LogP contribution in [0.2, 0.25) is 10.0 Å². The van der Waals surface area contributed by atoms with E-state index >= 15 is 4.39 Å². The number of nitrogens with zero attached hydrogens (tertiary/aromatic N) is 6. The number of aryl methyl sites for hydroxylation is 5. The number of H-pyrrole nitrogens is 6. The van der Waals surface area contributed by atoms with Crippen LogP contribution in [-0.4, -0.2) is 98.3 Å². The molecule has 0 saturated carbocycles. The number of anilines is 2. The largest absolute Gasteiger partial charge is 0.494 e. The Kier molecular flexibility index (Phi) is 36.8. The van der Waals surface area contributed by atoms with Gasteiger partial charge in [-0.15, -0.1) is 0 Å². The Morgan fingerprint density at radius 3 is 1.16 bits per heavy atom. The molecule has 16 aromatic rings. The number of hydrogen-bond acceptors (Lipinski definition) is 15. The number of alkyl halides is 5. The lowest BCUT2D eigenvalue weighted by Gasteiger charge is -2.16. The number of rotatable bonds is 36. The van der Waals surface area contributed by atoms with Crippen molar-refractivity contribution >= 4 is 46.4 Å². The molecule has 24 nitrogen and oxygen atoms in total. The van der Waals surface area contributed by atoms with Crippen molar-refractivity contribution in [1.82, 2.24) is 60.1 Å². The molecule has 32 heteroatoms. The van der Waals surface area contributed by atoms with Gasteiger partial charge in [0.1, 0.15) is 52.6 Å². The molecule has 7 aromatic heterocycles. The van der Waals surface area contributed by atoms with Crippen LogP contribution in [0.1, 0.15) is 172 Å². The Balaban J connectivity index is 0.000000160. The van der Waals surface area contributed by atoms with Gasteiger partial charge in [0.05, 0.1) is 75.9 Å². The Morgan fingerprint density at radius 1 is 0.399 bits per heavy atom. The van der Waals surface area contributed by atoms with E-state index in [1.54, 1.807) is 53.3 Å². The van der Waals surface area contributed by atoms with Gasteiger partial charge in [0.2, 0.25) is 0 Å². The number of carbonyl (C=O) groups excluding carboxylic acids is 2. The number of pyridine rings is 4. The number of nitrogens with one attached hydrogen (secondary N) is 8. The van der Waals surface area contributed by atoms with Crippen molar-refractivity contribution in [2.75, 3.05) is 37.1 Å². The second-order valence-electron chi connectivity index (χ2n) is 34.1. The number of aromatic amines is 6. The molecule has 2 amide bonds. The molecule has 0 aliphatic carbocycles. The first-order valence-electron chi connectivity index (χ1n) is 47.3. The Morgan fingerprint density at radius 2 is 0.762 bits per heavy atom. The minimum atomic E-state index is -4.66. The highest BCUT2D eigenvalue weighted by Crippen LogP contribution is 2.43.